The lowest BCUT2D eigenvalue weighted by Crippen LogP contribution is -2.07. The van der Waals surface area contributed by atoms with E-state index < -0.39 is 5.97 Å². The number of carbonyl (C=O) groups is 1. The van der Waals surface area contributed by atoms with Crippen LogP contribution in [0.5, 0.6) is 0 Å². The minimum atomic E-state index is -0.520. The molecule has 0 aliphatic rings. The molecule has 0 aromatic carbocycles. The zero-order valence-corrected chi connectivity index (χ0v) is 17.0. The predicted molar refractivity (Wildman–Crippen MR) is 106 cm³/mol. The first-order valence-corrected chi connectivity index (χ1v) is 9.36. The van der Waals surface area contributed by atoms with Gasteiger partial charge in [0, 0.05) is 26.0 Å². The number of aromatic nitrogens is 8. The van der Waals surface area contributed by atoms with Gasteiger partial charge in [-0.1, -0.05) is 6.92 Å². The van der Waals surface area contributed by atoms with Crippen LogP contribution in [-0.2, 0) is 31.8 Å². The van der Waals surface area contributed by atoms with Gasteiger partial charge in [0.15, 0.2) is 17.3 Å². The Hall–Kier alpha value is -3.56. The van der Waals surface area contributed by atoms with Crippen molar-refractivity contribution in [1.82, 2.24) is 39.3 Å². The number of esters is 1. The van der Waals surface area contributed by atoms with Gasteiger partial charge in [-0.05, 0) is 25.5 Å². The molecule has 4 heterocycles. The number of nitrogens with zero attached hydrogens (tertiary/aromatic N) is 8. The second-order valence-electron chi connectivity index (χ2n) is 6.62. The molecule has 0 bridgehead atoms. The molecule has 0 atom stereocenters. The van der Waals surface area contributed by atoms with Crippen molar-refractivity contribution < 1.29 is 9.53 Å². The SMILES string of the molecule is CCc1cc(-c2nc(-c3nc(C(=O)OC)cc4c3cnn4C)n(C)n2)n(CC)n1. The van der Waals surface area contributed by atoms with Gasteiger partial charge in [0.05, 0.1) is 24.5 Å². The number of hydrogen-bond acceptors (Lipinski definition) is 7. The van der Waals surface area contributed by atoms with Gasteiger partial charge in [-0.15, -0.1) is 5.10 Å². The first-order chi connectivity index (χ1) is 14.0. The minimum absolute atomic E-state index is 0.190. The summed E-state index contributed by atoms with van der Waals surface area (Å²) in [5.74, 6) is 0.568. The smallest absolute Gasteiger partial charge is 0.356 e. The van der Waals surface area contributed by atoms with Gasteiger partial charge < -0.3 is 4.74 Å². The van der Waals surface area contributed by atoms with E-state index in [4.69, 9.17) is 9.72 Å². The van der Waals surface area contributed by atoms with Crippen LogP contribution in [0.3, 0.4) is 0 Å². The van der Waals surface area contributed by atoms with Crippen molar-refractivity contribution in [2.45, 2.75) is 26.8 Å². The molecule has 0 unspecified atom stereocenters. The number of hydrogen-bond donors (Lipinski definition) is 0. The average molecular weight is 394 g/mol. The van der Waals surface area contributed by atoms with Crippen LogP contribution >= 0.6 is 0 Å². The fourth-order valence-corrected chi connectivity index (χ4v) is 3.29. The third-order valence-corrected chi connectivity index (χ3v) is 4.84. The van der Waals surface area contributed by atoms with E-state index in [0.717, 1.165) is 28.7 Å². The molecule has 0 aliphatic heterocycles. The first kappa shape index (κ1) is 18.8. The lowest BCUT2D eigenvalue weighted by Gasteiger charge is -2.05. The van der Waals surface area contributed by atoms with Crippen LogP contribution in [0.1, 0.15) is 30.0 Å². The quantitative estimate of drug-likeness (QED) is 0.477. The minimum Gasteiger partial charge on any atom is -0.464 e. The van der Waals surface area contributed by atoms with E-state index >= 15 is 0 Å². The highest BCUT2D eigenvalue weighted by atomic mass is 16.5. The van der Waals surface area contributed by atoms with E-state index in [1.807, 2.05) is 17.7 Å². The Kier molecular flexibility index (Phi) is 4.61. The molecule has 10 heteroatoms. The zero-order chi connectivity index (χ0) is 20.7. The van der Waals surface area contributed by atoms with E-state index in [1.165, 1.54) is 7.11 Å². The third-order valence-electron chi connectivity index (χ3n) is 4.84. The van der Waals surface area contributed by atoms with Gasteiger partial charge in [0.25, 0.3) is 0 Å². The molecule has 4 aromatic rings. The normalized spacial score (nSPS) is 11.3. The van der Waals surface area contributed by atoms with Crippen molar-refractivity contribution in [2.75, 3.05) is 7.11 Å². The number of pyridine rings is 1. The highest BCUT2D eigenvalue weighted by Crippen LogP contribution is 2.28. The van der Waals surface area contributed by atoms with Crippen LogP contribution in [0.25, 0.3) is 33.9 Å². The second-order valence-corrected chi connectivity index (χ2v) is 6.62. The molecule has 0 saturated carbocycles. The average Bonchev–Trinajstić information content (AvgIpc) is 3.43. The van der Waals surface area contributed by atoms with Gasteiger partial charge in [-0.25, -0.2) is 19.4 Å². The molecule has 29 heavy (non-hydrogen) atoms. The summed E-state index contributed by atoms with van der Waals surface area (Å²) < 4.78 is 10.1. The van der Waals surface area contributed by atoms with Crippen LogP contribution in [0, 0.1) is 0 Å². The molecule has 0 saturated heterocycles. The highest BCUT2D eigenvalue weighted by molar-refractivity contribution is 5.97. The van der Waals surface area contributed by atoms with Gasteiger partial charge in [-0.3, -0.25) is 9.36 Å². The van der Waals surface area contributed by atoms with Crippen LogP contribution in [0.4, 0.5) is 0 Å². The number of aryl methyl sites for hydroxylation is 4. The fraction of sp³-hybridized carbons (Fsp3) is 0.368. The highest BCUT2D eigenvalue weighted by Gasteiger charge is 2.22. The van der Waals surface area contributed by atoms with E-state index in [9.17, 15) is 4.79 Å². The molecule has 0 aliphatic carbocycles. The van der Waals surface area contributed by atoms with E-state index in [2.05, 4.69) is 27.2 Å². The second kappa shape index (κ2) is 7.12. The largest absolute Gasteiger partial charge is 0.464 e. The van der Waals surface area contributed by atoms with Gasteiger partial charge in [0.2, 0.25) is 0 Å². The summed E-state index contributed by atoms with van der Waals surface area (Å²) >= 11 is 0. The number of fused-ring (bicyclic) bond motifs is 1. The summed E-state index contributed by atoms with van der Waals surface area (Å²) in [5.41, 5.74) is 3.30. The summed E-state index contributed by atoms with van der Waals surface area (Å²) in [4.78, 5) is 21.4. The molecule has 0 spiro atoms. The lowest BCUT2D eigenvalue weighted by atomic mass is 10.2. The molecule has 4 rings (SSSR count). The summed E-state index contributed by atoms with van der Waals surface area (Å²) in [6, 6.07) is 3.66. The Balaban J connectivity index is 1.91. The van der Waals surface area contributed by atoms with Crippen molar-refractivity contribution in [3.05, 3.63) is 29.7 Å². The Labute approximate surface area is 167 Å². The zero-order valence-electron chi connectivity index (χ0n) is 17.0. The van der Waals surface area contributed by atoms with E-state index in [1.54, 1.807) is 35.7 Å². The van der Waals surface area contributed by atoms with Crippen LogP contribution in [0.15, 0.2) is 18.3 Å². The monoisotopic (exact) mass is 394 g/mol. The van der Waals surface area contributed by atoms with Crippen LogP contribution in [-0.4, -0.2) is 52.4 Å². The molecule has 150 valence electrons. The Bertz CT molecular complexity index is 1220. The predicted octanol–water partition coefficient (Wildman–Crippen LogP) is 2.00. The van der Waals surface area contributed by atoms with Gasteiger partial charge >= 0.3 is 5.97 Å². The summed E-state index contributed by atoms with van der Waals surface area (Å²) in [6.45, 7) is 4.80. The molecule has 0 fully saturated rings. The van der Waals surface area contributed by atoms with Gasteiger partial charge in [0.1, 0.15) is 11.4 Å². The fourth-order valence-electron chi connectivity index (χ4n) is 3.29. The van der Waals surface area contributed by atoms with Crippen LogP contribution in [0.2, 0.25) is 0 Å². The third kappa shape index (κ3) is 3.06. The number of methoxy groups -OCH3 is 1. The molecule has 0 amide bonds. The summed E-state index contributed by atoms with van der Waals surface area (Å²) in [7, 11) is 4.93. The van der Waals surface area contributed by atoms with E-state index in [-0.39, 0.29) is 5.69 Å². The van der Waals surface area contributed by atoms with Gasteiger partial charge in [-0.2, -0.15) is 10.2 Å². The number of carbonyl (C=O) groups excluding carboxylic acids is 1. The molecular formula is C19H22N8O2. The van der Waals surface area contributed by atoms with Crippen molar-refractivity contribution in [1.29, 1.82) is 0 Å². The van der Waals surface area contributed by atoms with Crippen molar-refractivity contribution in [3.8, 4) is 23.0 Å². The van der Waals surface area contributed by atoms with Crippen molar-refractivity contribution in [2.24, 2.45) is 14.1 Å². The Morgan fingerprint density at radius 1 is 1.10 bits per heavy atom. The topological polar surface area (TPSA) is 106 Å². The molecule has 10 nitrogen and oxygen atoms in total. The Morgan fingerprint density at radius 2 is 1.90 bits per heavy atom. The Morgan fingerprint density at radius 3 is 2.59 bits per heavy atom. The van der Waals surface area contributed by atoms with Crippen LogP contribution < -0.4 is 0 Å². The first-order valence-electron chi connectivity index (χ1n) is 9.36. The summed E-state index contributed by atoms with van der Waals surface area (Å²) in [6.07, 6.45) is 2.54. The maximum absolute atomic E-state index is 12.1. The number of rotatable bonds is 5. The molecule has 0 radical (unpaired) electrons. The molecular weight excluding hydrogens is 372 g/mol. The summed E-state index contributed by atoms with van der Waals surface area (Å²) in [5, 5.41) is 14.2. The maximum Gasteiger partial charge on any atom is 0.356 e. The molecule has 4 aromatic heterocycles. The molecule has 0 N–H and O–H groups in total. The van der Waals surface area contributed by atoms with Crippen molar-refractivity contribution in [3.63, 3.8) is 0 Å². The van der Waals surface area contributed by atoms with E-state index in [0.29, 0.717) is 23.9 Å². The maximum atomic E-state index is 12.1. The van der Waals surface area contributed by atoms with Crippen molar-refractivity contribution >= 4 is 16.9 Å². The lowest BCUT2D eigenvalue weighted by molar-refractivity contribution is 0.0594. The standard InChI is InChI=1S/C19H22N8O2/c1-6-11-8-15(27(7-2)23-11)17-22-18(26(4)24-17)16-12-10-20-25(3)14(12)9-13(21-16)19(28)29-5/h8-10H,6-7H2,1-5H3. The number of ether oxygens (including phenoxy) is 1.